The maximum Gasteiger partial charge on any atom is 0.410 e. The number of aromatic nitrogens is 2. The highest BCUT2D eigenvalue weighted by molar-refractivity contribution is 5.68. The minimum absolute atomic E-state index is 0.247. The van der Waals surface area contributed by atoms with Gasteiger partial charge in [-0.05, 0) is 5.56 Å². The van der Waals surface area contributed by atoms with Gasteiger partial charge in [0, 0.05) is 26.2 Å². The number of anilines is 1. The Balaban J connectivity index is 1.47. The fourth-order valence-corrected chi connectivity index (χ4v) is 2.36. The number of ether oxygens (including phenoxy) is 1. The molecule has 0 bridgehead atoms. The number of rotatable bonds is 3. The molecule has 0 saturated carbocycles. The average Bonchev–Trinajstić information content (AvgIpc) is 3.08. The summed E-state index contributed by atoms with van der Waals surface area (Å²) in [5.74, 6) is 0.993. The second-order valence-corrected chi connectivity index (χ2v) is 4.95. The van der Waals surface area contributed by atoms with Crippen molar-refractivity contribution in [3.63, 3.8) is 0 Å². The van der Waals surface area contributed by atoms with Gasteiger partial charge >= 0.3 is 6.09 Å². The van der Waals surface area contributed by atoms with Crippen LogP contribution in [0.3, 0.4) is 0 Å². The third-order valence-electron chi connectivity index (χ3n) is 3.57. The largest absolute Gasteiger partial charge is 0.445 e. The topological polar surface area (TPSA) is 61.5 Å². The van der Waals surface area contributed by atoms with Crippen molar-refractivity contribution < 1.29 is 9.53 Å². The molecule has 1 aromatic heterocycles. The van der Waals surface area contributed by atoms with E-state index < -0.39 is 0 Å². The summed E-state index contributed by atoms with van der Waals surface area (Å²) < 4.78 is 5.34. The molecule has 2 heterocycles. The van der Waals surface area contributed by atoms with Gasteiger partial charge < -0.3 is 19.5 Å². The van der Waals surface area contributed by atoms with Crippen LogP contribution in [0.4, 0.5) is 10.6 Å². The maximum absolute atomic E-state index is 12.0. The zero-order valence-corrected chi connectivity index (χ0v) is 11.7. The molecule has 1 fully saturated rings. The number of benzene rings is 1. The summed E-state index contributed by atoms with van der Waals surface area (Å²) in [6.07, 6.45) is 3.21. The predicted molar refractivity (Wildman–Crippen MR) is 79.0 cm³/mol. The Morgan fingerprint density at radius 3 is 2.62 bits per heavy atom. The molecule has 1 amide bonds. The van der Waals surface area contributed by atoms with Crippen molar-refractivity contribution >= 4 is 11.9 Å². The first-order valence-corrected chi connectivity index (χ1v) is 7.02. The van der Waals surface area contributed by atoms with E-state index in [1.54, 1.807) is 17.4 Å². The zero-order chi connectivity index (χ0) is 14.5. The molecule has 110 valence electrons. The molecule has 1 N–H and O–H groups in total. The number of nitrogens with zero attached hydrogens (tertiary/aromatic N) is 3. The maximum atomic E-state index is 12.0. The second-order valence-electron chi connectivity index (χ2n) is 4.95. The predicted octanol–water partition coefficient (Wildman–Crippen LogP) is 1.87. The normalized spacial score (nSPS) is 15.0. The van der Waals surface area contributed by atoms with Crippen molar-refractivity contribution in [3.05, 3.63) is 48.4 Å². The molecule has 0 radical (unpaired) electrons. The molecular formula is C15H18N4O2. The molecule has 6 nitrogen and oxygen atoms in total. The van der Waals surface area contributed by atoms with Crippen molar-refractivity contribution in [2.45, 2.75) is 6.61 Å². The van der Waals surface area contributed by atoms with Gasteiger partial charge in [0.05, 0.1) is 12.5 Å². The van der Waals surface area contributed by atoms with Crippen LogP contribution in [0.2, 0.25) is 0 Å². The molecule has 3 rings (SSSR count). The van der Waals surface area contributed by atoms with Crippen LogP contribution in [-0.4, -0.2) is 47.1 Å². The lowest BCUT2D eigenvalue weighted by Crippen LogP contribution is -2.49. The summed E-state index contributed by atoms with van der Waals surface area (Å²) >= 11 is 0. The van der Waals surface area contributed by atoms with Crippen molar-refractivity contribution in [2.24, 2.45) is 0 Å². The van der Waals surface area contributed by atoms with E-state index in [0.717, 1.165) is 24.5 Å². The van der Waals surface area contributed by atoms with Crippen LogP contribution in [0.15, 0.2) is 42.9 Å². The van der Waals surface area contributed by atoms with Gasteiger partial charge in [0.2, 0.25) is 0 Å². The number of carbonyl (C=O) groups is 1. The summed E-state index contributed by atoms with van der Waals surface area (Å²) in [5.41, 5.74) is 1.00. The lowest BCUT2D eigenvalue weighted by atomic mass is 10.2. The Morgan fingerprint density at radius 2 is 1.95 bits per heavy atom. The molecule has 1 aromatic carbocycles. The number of hydrogen-bond donors (Lipinski definition) is 1. The standard InChI is InChI=1S/C15H18N4O2/c20-15(21-11-13-4-2-1-3-5-13)19-8-6-18(7-9-19)14-10-16-12-17-14/h1-5,10,12H,6-9,11H2,(H,16,17). The fraction of sp³-hybridized carbons (Fsp3) is 0.333. The highest BCUT2D eigenvalue weighted by Gasteiger charge is 2.22. The van der Waals surface area contributed by atoms with Crippen LogP contribution in [0, 0.1) is 0 Å². The first-order valence-electron chi connectivity index (χ1n) is 7.02. The van der Waals surface area contributed by atoms with E-state index in [0.29, 0.717) is 19.7 Å². The Hall–Kier alpha value is -2.50. The molecule has 0 spiro atoms. The van der Waals surface area contributed by atoms with E-state index in [9.17, 15) is 4.79 Å². The van der Waals surface area contributed by atoms with Gasteiger partial charge in [-0.1, -0.05) is 30.3 Å². The number of aromatic amines is 1. The van der Waals surface area contributed by atoms with Gasteiger partial charge in [-0.3, -0.25) is 0 Å². The van der Waals surface area contributed by atoms with Crippen LogP contribution >= 0.6 is 0 Å². The molecule has 0 unspecified atom stereocenters. The number of hydrogen-bond acceptors (Lipinski definition) is 4. The zero-order valence-electron chi connectivity index (χ0n) is 11.7. The molecule has 0 aliphatic carbocycles. The van der Waals surface area contributed by atoms with E-state index in [1.165, 1.54) is 0 Å². The quantitative estimate of drug-likeness (QED) is 0.935. The molecule has 1 saturated heterocycles. The molecule has 1 aliphatic heterocycles. The minimum atomic E-state index is -0.247. The molecule has 21 heavy (non-hydrogen) atoms. The third kappa shape index (κ3) is 3.34. The molecular weight excluding hydrogens is 268 g/mol. The summed E-state index contributed by atoms with van der Waals surface area (Å²) in [7, 11) is 0. The summed E-state index contributed by atoms with van der Waals surface area (Å²) in [4.78, 5) is 23.0. The van der Waals surface area contributed by atoms with Crippen molar-refractivity contribution in [2.75, 3.05) is 31.1 Å². The lowest BCUT2D eigenvalue weighted by molar-refractivity contribution is 0.0941. The smallest absolute Gasteiger partial charge is 0.410 e. The van der Waals surface area contributed by atoms with Crippen LogP contribution in [0.5, 0.6) is 0 Å². The monoisotopic (exact) mass is 286 g/mol. The number of carbonyl (C=O) groups excluding carboxylic acids is 1. The SMILES string of the molecule is O=C(OCc1ccccc1)N1CCN(c2cnc[nH]2)CC1. The van der Waals surface area contributed by atoms with E-state index in [4.69, 9.17) is 4.74 Å². The van der Waals surface area contributed by atoms with Gasteiger partial charge in [0.1, 0.15) is 12.4 Å². The number of H-pyrrole nitrogens is 1. The van der Waals surface area contributed by atoms with Crippen molar-refractivity contribution in [3.8, 4) is 0 Å². The number of nitrogens with one attached hydrogen (secondary N) is 1. The summed E-state index contributed by atoms with van der Waals surface area (Å²) in [6.45, 7) is 3.20. The highest BCUT2D eigenvalue weighted by atomic mass is 16.6. The van der Waals surface area contributed by atoms with Gasteiger partial charge in [0.15, 0.2) is 0 Å². The van der Waals surface area contributed by atoms with Gasteiger partial charge in [0.25, 0.3) is 0 Å². The van der Waals surface area contributed by atoms with Gasteiger partial charge in [-0.2, -0.15) is 0 Å². The Morgan fingerprint density at radius 1 is 1.19 bits per heavy atom. The second kappa shape index (κ2) is 6.30. The number of amides is 1. The Bertz CT molecular complexity index is 563. The molecule has 1 aliphatic rings. The molecule has 0 atom stereocenters. The summed E-state index contributed by atoms with van der Waals surface area (Å²) in [6, 6.07) is 9.71. The minimum Gasteiger partial charge on any atom is -0.445 e. The molecule has 6 heteroatoms. The van der Waals surface area contributed by atoms with Crippen LogP contribution < -0.4 is 4.90 Å². The first kappa shape index (κ1) is 13.5. The first-order chi connectivity index (χ1) is 10.3. The van der Waals surface area contributed by atoms with E-state index >= 15 is 0 Å². The van der Waals surface area contributed by atoms with Gasteiger partial charge in [-0.15, -0.1) is 0 Å². The van der Waals surface area contributed by atoms with E-state index in [-0.39, 0.29) is 6.09 Å². The van der Waals surface area contributed by atoms with Crippen LogP contribution in [0.25, 0.3) is 0 Å². The van der Waals surface area contributed by atoms with Crippen LogP contribution in [0.1, 0.15) is 5.56 Å². The van der Waals surface area contributed by atoms with Gasteiger partial charge in [-0.25, -0.2) is 9.78 Å². The summed E-state index contributed by atoms with van der Waals surface area (Å²) in [5, 5.41) is 0. The highest BCUT2D eigenvalue weighted by Crippen LogP contribution is 2.13. The molecule has 2 aromatic rings. The Kier molecular flexibility index (Phi) is 4.04. The van der Waals surface area contributed by atoms with Crippen molar-refractivity contribution in [1.82, 2.24) is 14.9 Å². The van der Waals surface area contributed by atoms with Crippen molar-refractivity contribution in [1.29, 1.82) is 0 Å². The third-order valence-corrected chi connectivity index (χ3v) is 3.57. The van der Waals surface area contributed by atoms with Crippen LogP contribution in [-0.2, 0) is 11.3 Å². The Labute approximate surface area is 123 Å². The number of piperazine rings is 1. The van der Waals surface area contributed by atoms with E-state index in [1.807, 2.05) is 30.3 Å². The number of imidazole rings is 1. The fourth-order valence-electron chi connectivity index (χ4n) is 2.36. The average molecular weight is 286 g/mol. The lowest BCUT2D eigenvalue weighted by Gasteiger charge is -2.34. The van der Waals surface area contributed by atoms with E-state index in [2.05, 4.69) is 14.9 Å².